The highest BCUT2D eigenvalue weighted by Gasteiger charge is 2.39. The minimum Gasteiger partial charge on any atom is -0.366 e. The molecule has 6 rings (SSSR count). The van der Waals surface area contributed by atoms with Gasteiger partial charge < -0.3 is 14.7 Å². The number of hydrogen-bond acceptors (Lipinski definition) is 8. The van der Waals surface area contributed by atoms with Crippen molar-refractivity contribution in [3.63, 3.8) is 0 Å². The van der Waals surface area contributed by atoms with Gasteiger partial charge in [0.1, 0.15) is 11.0 Å². The van der Waals surface area contributed by atoms with E-state index in [9.17, 15) is 17.8 Å². The van der Waals surface area contributed by atoms with Crippen molar-refractivity contribution >= 4 is 39.4 Å². The first kappa shape index (κ1) is 24.8. The molecule has 198 valence electrons. The second-order valence-electron chi connectivity index (χ2n) is 10.3. The number of alkyl halides is 2. The largest absolute Gasteiger partial charge is 0.366 e. The molecule has 3 aliphatic rings. The van der Waals surface area contributed by atoms with Crippen molar-refractivity contribution in [1.29, 1.82) is 0 Å². The Labute approximate surface area is 219 Å². The lowest BCUT2D eigenvalue weighted by Crippen LogP contribution is -2.57. The second kappa shape index (κ2) is 9.33. The first-order valence-corrected chi connectivity index (χ1v) is 14.2. The van der Waals surface area contributed by atoms with Gasteiger partial charge >= 0.3 is 0 Å². The number of likely N-dealkylation sites (tertiary alicyclic amines) is 1. The molecule has 5 heterocycles. The van der Waals surface area contributed by atoms with Gasteiger partial charge in [0.05, 0.1) is 28.2 Å². The molecule has 3 fully saturated rings. The highest BCUT2D eigenvalue weighted by atomic mass is 32.2. The lowest BCUT2D eigenvalue weighted by Gasteiger charge is -2.42. The molecule has 2 aliphatic heterocycles. The van der Waals surface area contributed by atoms with Crippen LogP contribution in [0.25, 0.3) is 16.3 Å². The Hall–Kier alpha value is -2.55. The van der Waals surface area contributed by atoms with E-state index in [2.05, 4.69) is 29.7 Å². The third kappa shape index (κ3) is 4.75. The SMILES string of the molecule is CN1CC(C(=O)N2CCN(c3cc(S(=O)NC4(C)CC4)cn4c(-c5nnc(C(F)F)s5)ncc34)CC2)C1. The number of halogens is 2. The summed E-state index contributed by atoms with van der Waals surface area (Å²) in [5, 5.41) is 7.44. The van der Waals surface area contributed by atoms with E-state index in [-0.39, 0.29) is 27.4 Å². The van der Waals surface area contributed by atoms with Gasteiger partial charge in [-0.05, 0) is 32.9 Å². The van der Waals surface area contributed by atoms with Crippen LogP contribution in [0.5, 0.6) is 0 Å². The first-order chi connectivity index (χ1) is 17.7. The molecular weight excluding hydrogens is 522 g/mol. The van der Waals surface area contributed by atoms with E-state index in [1.807, 2.05) is 24.9 Å². The molecule has 1 saturated carbocycles. The number of pyridine rings is 1. The Kier molecular flexibility index (Phi) is 6.24. The van der Waals surface area contributed by atoms with Crippen molar-refractivity contribution in [1.82, 2.24) is 34.1 Å². The Morgan fingerprint density at radius 2 is 1.95 bits per heavy atom. The molecule has 10 nitrogen and oxygen atoms in total. The number of piperazine rings is 1. The normalized spacial score (nSPS) is 21.0. The molecular formula is C23H28F2N8O2S2. The number of fused-ring (bicyclic) bond motifs is 1. The van der Waals surface area contributed by atoms with Crippen LogP contribution in [-0.2, 0) is 15.8 Å². The maximum absolute atomic E-state index is 13.3. The number of nitrogens with zero attached hydrogens (tertiary/aromatic N) is 7. The maximum Gasteiger partial charge on any atom is 0.291 e. The Bertz CT molecular complexity index is 1360. The topological polar surface area (TPSA) is 99.0 Å². The molecule has 37 heavy (non-hydrogen) atoms. The van der Waals surface area contributed by atoms with E-state index in [4.69, 9.17) is 0 Å². The summed E-state index contributed by atoms with van der Waals surface area (Å²) in [6, 6.07) is 1.90. The van der Waals surface area contributed by atoms with Crippen molar-refractivity contribution in [3.8, 4) is 10.8 Å². The summed E-state index contributed by atoms with van der Waals surface area (Å²) in [4.78, 5) is 24.1. The average Bonchev–Trinajstić information content (AvgIpc) is 3.24. The van der Waals surface area contributed by atoms with Crippen LogP contribution in [0, 0.1) is 5.92 Å². The van der Waals surface area contributed by atoms with E-state index in [0.29, 0.717) is 36.9 Å². The molecule has 0 bridgehead atoms. The quantitative estimate of drug-likeness (QED) is 0.482. The van der Waals surface area contributed by atoms with Crippen LogP contribution >= 0.6 is 11.3 Å². The van der Waals surface area contributed by atoms with Gasteiger partial charge in [-0.25, -0.2) is 22.7 Å². The fraction of sp³-hybridized carbons (Fsp3) is 0.565. The fourth-order valence-corrected chi connectivity index (χ4v) is 6.72. The van der Waals surface area contributed by atoms with E-state index in [0.717, 1.165) is 48.5 Å². The summed E-state index contributed by atoms with van der Waals surface area (Å²) in [5.41, 5.74) is 1.44. The Morgan fingerprint density at radius 3 is 2.57 bits per heavy atom. The molecule has 0 aromatic carbocycles. The number of carbonyl (C=O) groups is 1. The van der Waals surface area contributed by atoms with Crippen molar-refractivity contribution in [2.24, 2.45) is 5.92 Å². The molecule has 3 aromatic rings. The molecule has 1 aliphatic carbocycles. The minimum absolute atomic E-state index is 0.0753. The van der Waals surface area contributed by atoms with Crippen LogP contribution in [0.15, 0.2) is 23.4 Å². The summed E-state index contributed by atoms with van der Waals surface area (Å²) in [5.74, 6) is 0.656. The zero-order valence-corrected chi connectivity index (χ0v) is 22.2. The fourth-order valence-electron chi connectivity index (χ4n) is 4.83. The molecule has 1 N–H and O–H groups in total. The van der Waals surface area contributed by atoms with E-state index in [1.165, 1.54) is 0 Å². The second-order valence-corrected chi connectivity index (χ2v) is 12.5. The standard InChI is InChI=1S/C23H28F2N8O2S2/c1-23(3-4-23)29-37(35)15-9-16(31-5-7-32(8-6-31)22(34)14-11-30(2)12-14)17-10-26-19(33(17)13-15)21-28-27-20(36-21)18(24)25/h9-10,13-14,18,29H,3-8,11-12H2,1-2H3. The molecule has 14 heteroatoms. The van der Waals surface area contributed by atoms with E-state index < -0.39 is 17.4 Å². The van der Waals surface area contributed by atoms with Crippen LogP contribution < -0.4 is 9.62 Å². The smallest absolute Gasteiger partial charge is 0.291 e. The monoisotopic (exact) mass is 550 g/mol. The molecule has 1 atom stereocenters. The molecule has 3 aromatic heterocycles. The number of rotatable bonds is 7. The van der Waals surface area contributed by atoms with Gasteiger partial charge in [-0.2, -0.15) is 0 Å². The number of carbonyl (C=O) groups excluding carboxylic acids is 1. The van der Waals surface area contributed by atoms with Crippen molar-refractivity contribution in [3.05, 3.63) is 23.5 Å². The van der Waals surface area contributed by atoms with E-state index in [1.54, 1.807) is 16.8 Å². The van der Waals surface area contributed by atoms with Crippen molar-refractivity contribution in [2.75, 3.05) is 51.2 Å². The highest BCUT2D eigenvalue weighted by Crippen LogP contribution is 2.37. The maximum atomic E-state index is 13.3. The van der Waals surface area contributed by atoms with E-state index >= 15 is 0 Å². The number of hydrogen-bond donors (Lipinski definition) is 1. The summed E-state index contributed by atoms with van der Waals surface area (Å²) >= 11 is 0.795. The molecule has 1 unspecified atom stereocenters. The van der Waals surface area contributed by atoms with Gasteiger partial charge in [-0.3, -0.25) is 9.20 Å². The predicted octanol–water partition coefficient (Wildman–Crippen LogP) is 2.17. The van der Waals surface area contributed by atoms with Crippen molar-refractivity contribution in [2.45, 2.75) is 36.6 Å². The summed E-state index contributed by atoms with van der Waals surface area (Å²) in [6.45, 7) is 6.10. The number of nitrogens with one attached hydrogen (secondary N) is 1. The van der Waals surface area contributed by atoms with Crippen LogP contribution in [-0.4, -0.2) is 91.4 Å². The summed E-state index contributed by atoms with van der Waals surface area (Å²) < 4.78 is 44.6. The third-order valence-electron chi connectivity index (χ3n) is 7.31. The van der Waals surface area contributed by atoms with Crippen LogP contribution in [0.4, 0.5) is 14.5 Å². The lowest BCUT2D eigenvalue weighted by molar-refractivity contribution is -0.140. The highest BCUT2D eigenvalue weighted by molar-refractivity contribution is 7.83. The van der Waals surface area contributed by atoms with Crippen LogP contribution in [0.2, 0.25) is 0 Å². The van der Waals surface area contributed by atoms with Gasteiger partial charge in [0.25, 0.3) is 6.43 Å². The minimum atomic E-state index is -2.71. The first-order valence-electron chi connectivity index (χ1n) is 12.3. The van der Waals surface area contributed by atoms with Gasteiger partial charge in [-0.15, -0.1) is 10.2 Å². The van der Waals surface area contributed by atoms with Crippen LogP contribution in [0.3, 0.4) is 0 Å². The Morgan fingerprint density at radius 1 is 1.22 bits per heavy atom. The zero-order valence-electron chi connectivity index (χ0n) is 20.6. The molecule has 2 saturated heterocycles. The van der Waals surface area contributed by atoms with Crippen LogP contribution in [0.1, 0.15) is 31.2 Å². The molecule has 0 radical (unpaired) electrons. The third-order valence-corrected chi connectivity index (χ3v) is 9.57. The number of imidazole rings is 1. The zero-order chi connectivity index (χ0) is 25.9. The van der Waals surface area contributed by atoms with Gasteiger partial charge in [0, 0.05) is 51.0 Å². The number of amides is 1. The lowest BCUT2D eigenvalue weighted by atomic mass is 9.99. The van der Waals surface area contributed by atoms with Gasteiger partial charge in [0.15, 0.2) is 15.8 Å². The van der Waals surface area contributed by atoms with Gasteiger partial charge in [-0.1, -0.05) is 11.3 Å². The number of anilines is 1. The Balaban J connectivity index is 1.32. The predicted molar refractivity (Wildman–Crippen MR) is 136 cm³/mol. The molecule has 1 amide bonds. The summed E-state index contributed by atoms with van der Waals surface area (Å²) in [6.07, 6.45) is 2.61. The average molecular weight is 551 g/mol. The number of aromatic nitrogens is 4. The molecule has 0 spiro atoms. The summed E-state index contributed by atoms with van der Waals surface area (Å²) in [7, 11) is 0.535. The van der Waals surface area contributed by atoms with Gasteiger partial charge in [0.2, 0.25) is 5.91 Å². The van der Waals surface area contributed by atoms with Crippen molar-refractivity contribution < 1.29 is 17.8 Å².